The van der Waals surface area contributed by atoms with Gasteiger partial charge in [0.05, 0.1) is 25.4 Å². The lowest BCUT2D eigenvalue weighted by atomic mass is 9.89. The van der Waals surface area contributed by atoms with Crippen LogP contribution >= 0.6 is 0 Å². The Morgan fingerprint density at radius 3 is 2.02 bits per heavy atom. The third-order valence-electron chi connectivity index (χ3n) is 9.14. The molecule has 0 unspecified atom stereocenters. The lowest BCUT2D eigenvalue weighted by Gasteiger charge is -2.45. The maximum atomic E-state index is 13.6. The summed E-state index contributed by atoms with van der Waals surface area (Å²) in [7, 11) is 0. The van der Waals surface area contributed by atoms with Crippen LogP contribution < -0.4 is 10.2 Å². The number of rotatable bonds is 8. The van der Waals surface area contributed by atoms with Gasteiger partial charge in [-0.1, -0.05) is 0 Å². The predicted octanol–water partition coefficient (Wildman–Crippen LogP) is -3.97. The Kier molecular flexibility index (Phi) is 10.8. The summed E-state index contributed by atoms with van der Waals surface area (Å²) in [5, 5.41) is 125. The van der Waals surface area contributed by atoms with Gasteiger partial charge in [-0.05, 0) is 24.3 Å². The minimum Gasteiger partial charge on any atom is -0.508 e. The SMILES string of the molecule is O=c1cc(-c2ccc(O)cc2)oc2cc(O[C@@H]3O[C@H](CO)[C@@H](O)[C@H](O)[C@H]3O)c([C@@H]3O[C@H](CO)[C@H](O)[C@H](O)[C@H]3O[C@@H]3OC[C@@H](O)[C@H](O)[C@H]3O)c(O)c12. The zero-order valence-electron chi connectivity index (χ0n) is 26.4. The second-order valence-electron chi connectivity index (χ2n) is 12.5. The number of aliphatic hydroxyl groups excluding tert-OH is 10. The van der Waals surface area contributed by atoms with Crippen LogP contribution in [-0.2, 0) is 18.9 Å². The molecule has 0 amide bonds. The van der Waals surface area contributed by atoms with Crippen LogP contribution in [0.15, 0.2) is 45.6 Å². The average Bonchev–Trinajstić information content (AvgIpc) is 3.11. The van der Waals surface area contributed by atoms with Crippen LogP contribution in [0.5, 0.6) is 17.2 Å². The molecule has 6 rings (SSSR count). The van der Waals surface area contributed by atoms with Crippen molar-refractivity contribution in [3.8, 4) is 28.6 Å². The molecule has 1 aromatic heterocycles. The summed E-state index contributed by atoms with van der Waals surface area (Å²) in [6.45, 7) is -2.26. The van der Waals surface area contributed by atoms with Crippen molar-refractivity contribution in [3.63, 3.8) is 0 Å². The van der Waals surface area contributed by atoms with Crippen LogP contribution in [0.4, 0.5) is 0 Å². The maximum absolute atomic E-state index is 13.6. The Morgan fingerprint density at radius 2 is 1.35 bits per heavy atom. The minimum absolute atomic E-state index is 0.0309. The van der Waals surface area contributed by atoms with E-state index in [4.69, 9.17) is 28.1 Å². The topological polar surface area (TPSA) is 319 Å². The molecule has 3 fully saturated rings. The molecule has 280 valence electrons. The standard InChI is InChI=1S/C32H38O19/c33-7-17-23(40)26(43)30(51-31-27(44)21(38)13(37)9-46-31)29(48-17)20-16(49-32-28(45)25(42)22(39)18(8-34)50-32)6-15-19(24(20)41)12(36)5-14(47-15)10-1-3-11(35)4-2-10/h1-6,13,17-18,21-23,25-35,37-45H,7-9H2/t13-,17-,18-,21+,22-,23+,25+,26+,27-,28-,29+,30-,31+,32-/m1/s1. The molecule has 0 saturated carbocycles. The van der Waals surface area contributed by atoms with Crippen molar-refractivity contribution in [2.24, 2.45) is 0 Å². The van der Waals surface area contributed by atoms with Crippen molar-refractivity contribution < 1.29 is 89.4 Å². The predicted molar refractivity (Wildman–Crippen MR) is 165 cm³/mol. The van der Waals surface area contributed by atoms with E-state index in [1.54, 1.807) is 0 Å². The van der Waals surface area contributed by atoms with Gasteiger partial charge in [0, 0.05) is 17.7 Å². The van der Waals surface area contributed by atoms with E-state index in [1.807, 2.05) is 0 Å². The summed E-state index contributed by atoms with van der Waals surface area (Å²) in [4.78, 5) is 13.6. The molecule has 14 atom stereocenters. The van der Waals surface area contributed by atoms with Crippen LogP contribution in [0.3, 0.4) is 0 Å². The Labute approximate surface area is 286 Å². The fraction of sp³-hybridized carbons (Fsp3) is 0.531. The summed E-state index contributed by atoms with van der Waals surface area (Å²) in [6, 6.07) is 7.62. The molecule has 3 saturated heterocycles. The summed E-state index contributed by atoms with van der Waals surface area (Å²) in [5.74, 6) is -1.56. The largest absolute Gasteiger partial charge is 0.508 e. The van der Waals surface area contributed by atoms with Crippen molar-refractivity contribution >= 4 is 11.0 Å². The molecular formula is C32H38O19. The highest BCUT2D eigenvalue weighted by atomic mass is 16.7. The fourth-order valence-electron chi connectivity index (χ4n) is 6.25. The first kappa shape index (κ1) is 37.3. The lowest BCUT2D eigenvalue weighted by molar-refractivity contribution is -0.325. The number of ether oxygens (including phenoxy) is 5. The van der Waals surface area contributed by atoms with E-state index in [-0.39, 0.29) is 17.1 Å². The third-order valence-corrected chi connectivity index (χ3v) is 9.14. The van der Waals surface area contributed by atoms with E-state index < -0.39 is 134 Å². The first-order valence-electron chi connectivity index (χ1n) is 15.8. The lowest BCUT2D eigenvalue weighted by Crippen LogP contribution is -2.60. The summed E-state index contributed by atoms with van der Waals surface area (Å²) >= 11 is 0. The third kappa shape index (κ3) is 6.90. The molecule has 0 radical (unpaired) electrons. The second-order valence-corrected chi connectivity index (χ2v) is 12.5. The highest BCUT2D eigenvalue weighted by Gasteiger charge is 2.52. The van der Waals surface area contributed by atoms with E-state index in [9.17, 15) is 66.1 Å². The van der Waals surface area contributed by atoms with Crippen LogP contribution in [-0.4, -0.2) is 161 Å². The molecule has 19 heteroatoms. The van der Waals surface area contributed by atoms with Crippen molar-refractivity contribution in [3.05, 3.63) is 52.2 Å². The van der Waals surface area contributed by atoms with Crippen molar-refractivity contribution in [2.75, 3.05) is 19.8 Å². The fourth-order valence-corrected chi connectivity index (χ4v) is 6.25. The first-order valence-corrected chi connectivity index (χ1v) is 15.8. The number of aromatic hydroxyl groups is 2. The molecule has 12 N–H and O–H groups in total. The number of hydrogen-bond donors (Lipinski definition) is 12. The Bertz CT molecular complexity index is 1730. The van der Waals surface area contributed by atoms with Crippen molar-refractivity contribution in [1.82, 2.24) is 0 Å². The molecule has 2 aromatic carbocycles. The zero-order valence-corrected chi connectivity index (χ0v) is 26.4. The Hall–Kier alpha value is -3.51. The number of phenols is 2. The van der Waals surface area contributed by atoms with Gasteiger partial charge in [0.15, 0.2) is 11.7 Å². The smallest absolute Gasteiger partial charge is 0.229 e. The minimum atomic E-state index is -2.00. The number of hydrogen-bond acceptors (Lipinski definition) is 19. The van der Waals surface area contributed by atoms with Crippen molar-refractivity contribution in [1.29, 1.82) is 0 Å². The van der Waals surface area contributed by atoms with Gasteiger partial charge in [-0.25, -0.2) is 0 Å². The van der Waals surface area contributed by atoms with Crippen LogP contribution in [0.1, 0.15) is 11.7 Å². The number of phenolic OH excluding ortho intramolecular Hbond substituents is 2. The summed E-state index contributed by atoms with van der Waals surface area (Å²) in [6.07, 6.45) is -25.1. The monoisotopic (exact) mass is 726 g/mol. The molecule has 3 aliphatic heterocycles. The number of fused-ring (bicyclic) bond motifs is 1. The van der Waals surface area contributed by atoms with Crippen LogP contribution in [0, 0.1) is 0 Å². The van der Waals surface area contributed by atoms with E-state index >= 15 is 0 Å². The average molecular weight is 727 g/mol. The van der Waals surface area contributed by atoms with E-state index in [2.05, 4.69) is 0 Å². The summed E-state index contributed by atoms with van der Waals surface area (Å²) < 4.78 is 34.3. The molecule has 51 heavy (non-hydrogen) atoms. The van der Waals surface area contributed by atoms with Gasteiger partial charge in [-0.15, -0.1) is 0 Å². The second kappa shape index (κ2) is 14.8. The molecule has 3 aliphatic rings. The van der Waals surface area contributed by atoms with Gasteiger partial charge in [0.25, 0.3) is 0 Å². The first-order chi connectivity index (χ1) is 24.2. The molecule has 0 bridgehead atoms. The van der Waals surface area contributed by atoms with Gasteiger partial charge in [0.2, 0.25) is 6.29 Å². The molecule has 0 aliphatic carbocycles. The van der Waals surface area contributed by atoms with E-state index in [0.29, 0.717) is 5.56 Å². The Balaban J connectivity index is 1.52. The van der Waals surface area contributed by atoms with E-state index in [1.165, 1.54) is 24.3 Å². The van der Waals surface area contributed by atoms with Crippen LogP contribution in [0.2, 0.25) is 0 Å². The molecule has 19 nitrogen and oxygen atoms in total. The zero-order chi connectivity index (χ0) is 36.9. The molecule has 4 heterocycles. The molecular weight excluding hydrogens is 688 g/mol. The highest BCUT2D eigenvalue weighted by molar-refractivity contribution is 5.88. The van der Waals surface area contributed by atoms with Gasteiger partial charge >= 0.3 is 0 Å². The normalized spacial score (nSPS) is 37.4. The molecule has 3 aromatic rings. The highest BCUT2D eigenvalue weighted by Crippen LogP contribution is 2.47. The number of aliphatic hydroxyl groups is 10. The molecule has 0 spiro atoms. The van der Waals surface area contributed by atoms with Gasteiger partial charge in [0.1, 0.15) is 107 Å². The van der Waals surface area contributed by atoms with Gasteiger partial charge in [-0.2, -0.15) is 0 Å². The number of benzene rings is 2. The van der Waals surface area contributed by atoms with Crippen molar-refractivity contribution in [2.45, 2.75) is 85.8 Å². The Morgan fingerprint density at radius 1 is 0.725 bits per heavy atom. The quantitative estimate of drug-likeness (QED) is 0.105. The summed E-state index contributed by atoms with van der Waals surface area (Å²) in [5.41, 5.74) is -1.36. The van der Waals surface area contributed by atoms with Crippen LogP contribution in [0.25, 0.3) is 22.3 Å². The van der Waals surface area contributed by atoms with E-state index in [0.717, 1.165) is 12.1 Å². The van der Waals surface area contributed by atoms with Gasteiger partial charge in [-0.3, -0.25) is 4.79 Å². The van der Waals surface area contributed by atoms with Gasteiger partial charge < -0.3 is 89.4 Å². The maximum Gasteiger partial charge on any atom is 0.229 e.